The number of amides is 2. The van der Waals surface area contributed by atoms with E-state index < -0.39 is 0 Å². The topological polar surface area (TPSA) is 105 Å². The van der Waals surface area contributed by atoms with Crippen LogP contribution in [0, 0.1) is 5.92 Å². The van der Waals surface area contributed by atoms with Gasteiger partial charge in [-0.15, -0.1) is 10.2 Å². The van der Waals surface area contributed by atoms with Crippen molar-refractivity contribution in [2.45, 2.75) is 96.2 Å². The van der Waals surface area contributed by atoms with Crippen molar-refractivity contribution in [3.05, 3.63) is 101 Å². The maximum absolute atomic E-state index is 13.8. The van der Waals surface area contributed by atoms with E-state index in [-0.39, 0.29) is 23.6 Å². The largest absolute Gasteiger partial charge is 0.484 e. The standard InChI is InChI=1S/C43H55N9O2/c1-29-11-6-7-14-33(29)41-47-46-39-20-17-32(28-51(39)41)54-37-19-18-36(34-15-8-9-16-35(34)37)44-42(53)45-40-26-38(43(2,3)4)48-52(40)31-13-10-12-30(25-31)27-50-23-21-49(5)22-24-50/h8-10,12-13,15-17,20,25-26,28-29,33,36-37H,6-7,11,14,18-19,21-24,27H2,1-5H3,(H2,44,45,53)/t29-,33?,36-,37+/m0/s1. The average Bonchev–Trinajstić information content (AvgIpc) is 3.78. The van der Waals surface area contributed by atoms with Crippen LogP contribution in [0.15, 0.2) is 72.9 Å². The fraction of sp³-hybridized carbons (Fsp3) is 0.488. The lowest BCUT2D eigenvalue weighted by atomic mass is 9.80. The second-order valence-electron chi connectivity index (χ2n) is 16.8. The number of carbonyl (C=O) groups is 1. The molecule has 1 saturated heterocycles. The van der Waals surface area contributed by atoms with Gasteiger partial charge in [0.1, 0.15) is 23.5 Å². The van der Waals surface area contributed by atoms with Crippen LogP contribution < -0.4 is 15.4 Å². The Morgan fingerprint density at radius 2 is 1.69 bits per heavy atom. The molecule has 2 aliphatic carbocycles. The van der Waals surface area contributed by atoms with E-state index in [9.17, 15) is 4.79 Å². The number of urea groups is 1. The van der Waals surface area contributed by atoms with Crippen molar-refractivity contribution >= 4 is 17.5 Å². The van der Waals surface area contributed by atoms with Crippen molar-refractivity contribution in [1.29, 1.82) is 0 Å². The Balaban J connectivity index is 0.981. The third-order valence-corrected chi connectivity index (χ3v) is 11.7. The molecule has 1 aliphatic heterocycles. The number of nitrogens with zero attached hydrogens (tertiary/aromatic N) is 7. The van der Waals surface area contributed by atoms with Crippen molar-refractivity contribution in [3.8, 4) is 11.4 Å². The van der Waals surface area contributed by atoms with Crippen LogP contribution in [0.3, 0.4) is 0 Å². The number of aromatic nitrogens is 5. The molecule has 3 aromatic heterocycles. The van der Waals surface area contributed by atoms with E-state index in [2.05, 4.69) is 112 Å². The summed E-state index contributed by atoms with van der Waals surface area (Å²) < 4.78 is 10.7. The molecule has 11 nitrogen and oxygen atoms in total. The Bertz CT molecular complexity index is 2090. The van der Waals surface area contributed by atoms with Gasteiger partial charge >= 0.3 is 6.03 Å². The second-order valence-corrected chi connectivity index (χ2v) is 16.8. The first-order chi connectivity index (χ1) is 26.1. The summed E-state index contributed by atoms with van der Waals surface area (Å²) in [4.78, 5) is 18.7. The van der Waals surface area contributed by atoms with Gasteiger partial charge in [-0.25, -0.2) is 9.48 Å². The second kappa shape index (κ2) is 15.2. The Morgan fingerprint density at radius 3 is 2.48 bits per heavy atom. The van der Waals surface area contributed by atoms with Gasteiger partial charge in [0.15, 0.2) is 5.65 Å². The summed E-state index contributed by atoms with van der Waals surface area (Å²) in [5, 5.41) is 20.6. The van der Waals surface area contributed by atoms with Crippen LogP contribution in [0.1, 0.15) is 112 Å². The molecule has 3 aliphatic rings. The van der Waals surface area contributed by atoms with E-state index in [1.807, 2.05) is 35.0 Å². The predicted molar refractivity (Wildman–Crippen MR) is 212 cm³/mol. The van der Waals surface area contributed by atoms with Crippen molar-refractivity contribution in [1.82, 2.24) is 39.5 Å². The van der Waals surface area contributed by atoms with Gasteiger partial charge in [-0.3, -0.25) is 14.6 Å². The molecular weight excluding hydrogens is 675 g/mol. The van der Waals surface area contributed by atoms with Gasteiger partial charge < -0.3 is 15.0 Å². The first kappa shape index (κ1) is 36.2. The van der Waals surface area contributed by atoms with E-state index in [1.54, 1.807) is 0 Å². The number of piperazine rings is 1. The fourth-order valence-electron chi connectivity index (χ4n) is 8.49. The van der Waals surface area contributed by atoms with Crippen LogP contribution in [0.4, 0.5) is 10.6 Å². The molecule has 0 spiro atoms. The monoisotopic (exact) mass is 729 g/mol. The van der Waals surface area contributed by atoms with Gasteiger partial charge in [-0.1, -0.05) is 83.4 Å². The maximum Gasteiger partial charge on any atom is 0.320 e. The molecule has 8 rings (SSSR count). The zero-order valence-electron chi connectivity index (χ0n) is 32.5. The van der Waals surface area contributed by atoms with E-state index >= 15 is 0 Å². The molecule has 11 heteroatoms. The fourth-order valence-corrected chi connectivity index (χ4v) is 8.49. The highest BCUT2D eigenvalue weighted by atomic mass is 16.5. The highest BCUT2D eigenvalue weighted by Crippen LogP contribution is 2.40. The van der Waals surface area contributed by atoms with Crippen molar-refractivity contribution < 1.29 is 9.53 Å². The minimum absolute atomic E-state index is 0.137. The quantitative estimate of drug-likeness (QED) is 0.167. The number of anilines is 1. The number of nitrogens with one attached hydrogen (secondary N) is 2. The van der Waals surface area contributed by atoms with Crippen LogP contribution in [0.25, 0.3) is 11.3 Å². The smallest absolute Gasteiger partial charge is 0.320 e. The number of likely N-dealkylation sites (N-methyl/N-ethyl adjacent to an activating group) is 1. The number of ether oxygens (including phenoxy) is 1. The summed E-state index contributed by atoms with van der Waals surface area (Å²) >= 11 is 0. The van der Waals surface area contributed by atoms with Crippen LogP contribution in [-0.2, 0) is 12.0 Å². The summed E-state index contributed by atoms with van der Waals surface area (Å²) in [6, 6.07) is 22.4. The number of fused-ring (bicyclic) bond motifs is 2. The minimum Gasteiger partial charge on any atom is -0.484 e. The van der Waals surface area contributed by atoms with Gasteiger partial charge in [0, 0.05) is 50.1 Å². The van der Waals surface area contributed by atoms with E-state index in [0.717, 1.165) is 91.7 Å². The van der Waals surface area contributed by atoms with Crippen molar-refractivity contribution in [2.24, 2.45) is 5.92 Å². The molecule has 5 aromatic rings. The first-order valence-corrected chi connectivity index (χ1v) is 19.9. The van der Waals surface area contributed by atoms with Gasteiger partial charge in [0.05, 0.1) is 23.6 Å². The van der Waals surface area contributed by atoms with E-state index in [1.165, 1.54) is 24.8 Å². The molecule has 1 saturated carbocycles. The van der Waals surface area contributed by atoms with Crippen LogP contribution in [-0.4, -0.2) is 73.4 Å². The summed E-state index contributed by atoms with van der Waals surface area (Å²) in [5.74, 6) is 3.48. The third kappa shape index (κ3) is 7.75. The Hall–Kier alpha value is -4.74. The van der Waals surface area contributed by atoms with Crippen molar-refractivity contribution in [3.63, 3.8) is 0 Å². The lowest BCUT2D eigenvalue weighted by Gasteiger charge is -2.32. The molecule has 54 heavy (non-hydrogen) atoms. The predicted octanol–water partition coefficient (Wildman–Crippen LogP) is 8.03. The molecule has 2 fully saturated rings. The maximum atomic E-state index is 13.8. The lowest BCUT2D eigenvalue weighted by Crippen LogP contribution is -2.43. The van der Waals surface area contributed by atoms with Crippen molar-refractivity contribution in [2.75, 3.05) is 38.5 Å². The first-order valence-electron chi connectivity index (χ1n) is 19.9. The molecule has 2 N–H and O–H groups in total. The van der Waals surface area contributed by atoms with Gasteiger partial charge in [0.2, 0.25) is 0 Å². The number of rotatable bonds is 8. The van der Waals surface area contributed by atoms with Crippen LogP contribution in [0.5, 0.6) is 5.75 Å². The van der Waals surface area contributed by atoms with Gasteiger partial charge in [0.25, 0.3) is 0 Å². The molecule has 4 heterocycles. The molecule has 2 aromatic carbocycles. The third-order valence-electron chi connectivity index (χ3n) is 11.7. The summed E-state index contributed by atoms with van der Waals surface area (Å²) in [6.07, 6.45) is 8.33. The molecule has 4 atom stereocenters. The molecule has 0 bridgehead atoms. The zero-order valence-corrected chi connectivity index (χ0v) is 32.5. The number of hydrogen-bond donors (Lipinski definition) is 2. The number of hydrogen-bond acceptors (Lipinski definition) is 7. The van der Waals surface area contributed by atoms with Gasteiger partial charge in [-0.05, 0) is 73.2 Å². The SMILES string of the molecule is C[C@H]1CCCCC1c1nnc2ccc(O[C@@H]3CC[C@H](NC(=O)Nc4cc(C(C)(C)C)nn4-c4cccc(CN5CCN(C)CC5)c4)c4ccccc43)cn12. The summed E-state index contributed by atoms with van der Waals surface area (Å²) in [7, 11) is 2.18. The Kier molecular flexibility index (Phi) is 10.2. The summed E-state index contributed by atoms with van der Waals surface area (Å²) in [5.41, 5.74) is 5.90. The molecule has 1 unspecified atom stereocenters. The molecule has 2 amide bonds. The van der Waals surface area contributed by atoms with Gasteiger partial charge in [-0.2, -0.15) is 5.10 Å². The summed E-state index contributed by atoms with van der Waals surface area (Å²) in [6.45, 7) is 13.9. The minimum atomic E-state index is -0.257. The average molecular weight is 730 g/mol. The van der Waals surface area contributed by atoms with Crippen LogP contribution in [0.2, 0.25) is 0 Å². The van der Waals surface area contributed by atoms with E-state index in [4.69, 9.17) is 9.84 Å². The van der Waals surface area contributed by atoms with E-state index in [0.29, 0.717) is 17.7 Å². The highest BCUT2D eigenvalue weighted by Gasteiger charge is 2.31. The number of pyridine rings is 1. The highest BCUT2D eigenvalue weighted by molar-refractivity contribution is 5.89. The zero-order chi connectivity index (χ0) is 37.4. The number of carbonyl (C=O) groups excluding carboxylic acids is 1. The normalized spacial score (nSPS) is 22.5. The Morgan fingerprint density at radius 1 is 0.889 bits per heavy atom. The Labute approximate surface area is 319 Å². The molecular formula is C43H55N9O2. The molecule has 0 radical (unpaired) electrons. The molecule has 284 valence electrons. The number of benzene rings is 2. The van der Waals surface area contributed by atoms with Crippen LogP contribution >= 0.6 is 0 Å². The lowest BCUT2D eigenvalue weighted by molar-refractivity contribution is 0.148.